The van der Waals surface area contributed by atoms with Crippen molar-refractivity contribution in [1.82, 2.24) is 0 Å². The van der Waals surface area contributed by atoms with Crippen molar-refractivity contribution in [3.05, 3.63) is 23.6 Å². The molecule has 0 radical (unpaired) electrons. The van der Waals surface area contributed by atoms with E-state index in [0.717, 1.165) is 19.1 Å². The molecule has 0 bridgehead atoms. The first-order chi connectivity index (χ1) is 4.51. The zero-order valence-electron chi connectivity index (χ0n) is 5.29. The Morgan fingerprint density at radius 3 is 2.10 bits per heavy atom. The van der Waals surface area contributed by atoms with Crippen LogP contribution in [0.5, 0.6) is 0 Å². The number of rotatable bonds is 0. The van der Waals surface area contributed by atoms with Gasteiger partial charge in [-0.2, -0.15) is 0 Å². The van der Waals surface area contributed by atoms with Gasteiger partial charge in [0.05, 0.1) is 0 Å². The Labute approximate surface area is 56.0 Å². The van der Waals surface area contributed by atoms with Gasteiger partial charge in [0.1, 0.15) is 5.83 Å². The third-order valence-corrected chi connectivity index (χ3v) is 2.19. The van der Waals surface area contributed by atoms with Crippen LogP contribution in [0.2, 0.25) is 0 Å². The lowest BCUT2D eigenvalue weighted by Crippen LogP contribution is -2.13. The van der Waals surface area contributed by atoms with Gasteiger partial charge in [-0.25, -0.2) is 13.2 Å². The lowest BCUT2D eigenvalue weighted by Gasteiger charge is -2.01. The van der Waals surface area contributed by atoms with Crippen LogP contribution >= 0.6 is 0 Å². The molecule has 10 heavy (non-hydrogen) atoms. The van der Waals surface area contributed by atoms with E-state index in [1.54, 1.807) is 0 Å². The Kier molecular flexibility index (Phi) is 0.708. The summed E-state index contributed by atoms with van der Waals surface area (Å²) in [6, 6.07) is 0. The molecule has 2 aliphatic rings. The summed E-state index contributed by atoms with van der Waals surface area (Å²) in [4.78, 5) is 0. The lowest BCUT2D eigenvalue weighted by atomic mass is 10.2. The van der Waals surface area contributed by atoms with Crippen LogP contribution < -0.4 is 0 Å². The van der Waals surface area contributed by atoms with Crippen molar-refractivity contribution in [3.8, 4) is 0 Å². The van der Waals surface area contributed by atoms with Gasteiger partial charge in [0, 0.05) is 5.57 Å². The third-order valence-electron chi connectivity index (χ3n) is 2.19. The Hall–Kier alpha value is -0.730. The molecular weight excluding hydrogens is 141 g/mol. The first-order valence-electron chi connectivity index (χ1n) is 2.98. The Balaban J connectivity index is 2.50. The third kappa shape index (κ3) is 0.334. The molecule has 0 N–H and O–H groups in total. The fourth-order valence-corrected chi connectivity index (χ4v) is 1.39. The second-order valence-electron chi connectivity index (χ2n) is 2.76. The van der Waals surface area contributed by atoms with E-state index < -0.39 is 17.2 Å². The normalized spacial score (nSPS) is 50.0. The van der Waals surface area contributed by atoms with Crippen molar-refractivity contribution in [2.24, 2.45) is 0 Å². The van der Waals surface area contributed by atoms with Gasteiger partial charge < -0.3 is 0 Å². The summed E-state index contributed by atoms with van der Waals surface area (Å²) in [5.74, 6) is -1.01. The molecule has 3 heteroatoms. The Morgan fingerprint density at radius 1 is 1.30 bits per heavy atom. The van der Waals surface area contributed by atoms with Crippen LogP contribution in [0.25, 0.3) is 0 Å². The maximum Gasteiger partial charge on any atom is 0.223 e. The highest BCUT2D eigenvalue weighted by molar-refractivity contribution is 5.64. The maximum absolute atomic E-state index is 13.0. The molecule has 0 saturated heterocycles. The highest BCUT2D eigenvalue weighted by atomic mass is 19.2. The van der Waals surface area contributed by atoms with Gasteiger partial charge >= 0.3 is 0 Å². The molecule has 0 aromatic carbocycles. The largest absolute Gasteiger partial charge is 0.235 e. The molecule has 0 aliphatic heterocycles. The van der Waals surface area contributed by atoms with E-state index in [0.29, 0.717) is 0 Å². The van der Waals surface area contributed by atoms with Gasteiger partial charge in [-0.15, -0.1) is 0 Å². The molecule has 0 amide bonds. The molecule has 0 nitrogen and oxygen atoms in total. The van der Waals surface area contributed by atoms with E-state index in [2.05, 4.69) is 0 Å². The Morgan fingerprint density at radius 2 is 1.90 bits per heavy atom. The average molecular weight is 146 g/mol. The Bertz CT molecular complexity index is 262. The summed E-state index contributed by atoms with van der Waals surface area (Å²) in [5, 5.41) is 0. The highest BCUT2D eigenvalue weighted by Gasteiger charge is 2.77. The first kappa shape index (κ1) is 6.01. The van der Waals surface area contributed by atoms with Crippen LogP contribution in [0.1, 0.15) is 6.92 Å². The molecule has 1 saturated carbocycles. The van der Waals surface area contributed by atoms with Gasteiger partial charge in [0.2, 0.25) is 5.67 Å². The first-order valence-corrected chi connectivity index (χ1v) is 2.98. The van der Waals surface area contributed by atoms with Crippen molar-refractivity contribution >= 4 is 0 Å². The monoisotopic (exact) mass is 146 g/mol. The van der Waals surface area contributed by atoms with Gasteiger partial charge in [-0.1, -0.05) is 6.08 Å². The molecule has 2 aliphatic carbocycles. The van der Waals surface area contributed by atoms with Crippen molar-refractivity contribution in [2.75, 3.05) is 0 Å². The summed E-state index contributed by atoms with van der Waals surface area (Å²) >= 11 is 0. The van der Waals surface area contributed by atoms with Gasteiger partial charge in [-0.3, -0.25) is 0 Å². The fourth-order valence-electron chi connectivity index (χ4n) is 1.39. The topological polar surface area (TPSA) is 0 Å². The molecule has 2 rings (SSSR count). The zero-order valence-corrected chi connectivity index (χ0v) is 5.29. The number of allylic oxidation sites excluding steroid dienone is 4. The summed E-state index contributed by atoms with van der Waals surface area (Å²) in [5.41, 5.74) is -4.56. The van der Waals surface area contributed by atoms with Crippen LogP contribution in [0.4, 0.5) is 13.2 Å². The molecule has 2 unspecified atom stereocenters. The summed E-state index contributed by atoms with van der Waals surface area (Å²) in [6.45, 7) is 1.05. The number of fused-ring (bicyclic) bond motifs is 1. The molecule has 0 spiro atoms. The van der Waals surface area contributed by atoms with Crippen molar-refractivity contribution in [2.45, 2.75) is 18.3 Å². The highest BCUT2D eigenvalue weighted by Crippen LogP contribution is 2.66. The van der Waals surface area contributed by atoms with E-state index in [4.69, 9.17) is 0 Å². The van der Waals surface area contributed by atoms with Gasteiger partial charge in [-0.05, 0) is 13.0 Å². The number of alkyl halides is 2. The molecule has 0 heterocycles. The predicted octanol–water partition coefficient (Wildman–Crippen LogP) is 2.23. The number of hydrogen-bond donors (Lipinski definition) is 0. The second-order valence-corrected chi connectivity index (χ2v) is 2.76. The van der Waals surface area contributed by atoms with Crippen LogP contribution in [-0.4, -0.2) is 11.3 Å². The van der Waals surface area contributed by atoms with Crippen molar-refractivity contribution < 1.29 is 13.2 Å². The molecule has 54 valence electrons. The number of halogens is 3. The maximum atomic E-state index is 13.0. The SMILES string of the molecule is CC1(F)C2=CC=C(F)C21F. The van der Waals surface area contributed by atoms with Crippen molar-refractivity contribution in [1.29, 1.82) is 0 Å². The van der Waals surface area contributed by atoms with Crippen LogP contribution in [0.15, 0.2) is 23.6 Å². The molecule has 1 fully saturated rings. The standard InChI is InChI=1S/C7H5F3/c1-6(9)4-2-3-5(8)7(4,6)10/h2-3H,1H3. The minimum absolute atomic E-state index is 0.0856. The minimum atomic E-state index is -2.40. The lowest BCUT2D eigenvalue weighted by molar-refractivity contribution is 0.188. The van der Waals surface area contributed by atoms with E-state index >= 15 is 0 Å². The molecule has 2 atom stereocenters. The van der Waals surface area contributed by atoms with E-state index in [9.17, 15) is 13.2 Å². The minimum Gasteiger partial charge on any atom is -0.235 e. The summed E-state index contributed by atoms with van der Waals surface area (Å²) < 4.78 is 38.2. The summed E-state index contributed by atoms with van der Waals surface area (Å²) in [7, 11) is 0. The average Bonchev–Trinajstić information content (AvgIpc) is 2.19. The smallest absolute Gasteiger partial charge is 0.223 e. The molecule has 0 aromatic rings. The van der Waals surface area contributed by atoms with Crippen LogP contribution in [0.3, 0.4) is 0 Å². The van der Waals surface area contributed by atoms with Crippen LogP contribution in [-0.2, 0) is 0 Å². The molecular formula is C7H5F3. The fraction of sp³-hybridized carbons (Fsp3) is 0.429. The summed E-state index contributed by atoms with van der Waals surface area (Å²) in [6.07, 6.45) is 2.13. The van der Waals surface area contributed by atoms with Gasteiger partial charge in [0.15, 0.2) is 5.67 Å². The number of hydrogen-bond acceptors (Lipinski definition) is 0. The quantitative estimate of drug-likeness (QED) is 0.491. The zero-order chi connectivity index (χ0) is 7.57. The van der Waals surface area contributed by atoms with Gasteiger partial charge in [0.25, 0.3) is 0 Å². The van der Waals surface area contributed by atoms with Crippen molar-refractivity contribution in [3.63, 3.8) is 0 Å². The van der Waals surface area contributed by atoms with E-state index in [1.165, 1.54) is 0 Å². The van der Waals surface area contributed by atoms with Crippen LogP contribution in [0, 0.1) is 0 Å². The van der Waals surface area contributed by atoms with E-state index in [-0.39, 0.29) is 5.57 Å². The second kappa shape index (κ2) is 1.18. The van der Waals surface area contributed by atoms with E-state index in [1.807, 2.05) is 0 Å². The molecule has 0 aromatic heterocycles. The predicted molar refractivity (Wildman–Crippen MR) is 30.6 cm³/mol.